The molecule has 0 aliphatic carbocycles. The Bertz CT molecular complexity index is 1090. The summed E-state index contributed by atoms with van der Waals surface area (Å²) in [6.45, 7) is 0.861. The molecule has 5 nitrogen and oxygen atoms in total. The van der Waals surface area contributed by atoms with Crippen molar-refractivity contribution in [1.82, 2.24) is 4.90 Å². The van der Waals surface area contributed by atoms with Crippen molar-refractivity contribution in [3.8, 4) is 0 Å². The van der Waals surface area contributed by atoms with Crippen molar-refractivity contribution in [3.63, 3.8) is 0 Å². The maximum Gasteiger partial charge on any atom is 0.410 e. The van der Waals surface area contributed by atoms with E-state index in [0.29, 0.717) is 42.4 Å². The number of nitrogens with zero attached hydrogens (tertiary/aromatic N) is 1. The third-order valence-corrected chi connectivity index (χ3v) is 6.34. The van der Waals surface area contributed by atoms with Crippen molar-refractivity contribution in [2.75, 3.05) is 13.2 Å². The molecule has 2 aliphatic heterocycles. The Morgan fingerprint density at radius 1 is 1.00 bits per heavy atom. The fraction of sp³-hybridized carbons (Fsp3) is 0.320. The highest BCUT2D eigenvalue weighted by atomic mass is 19.1. The molecule has 160 valence electrons. The van der Waals surface area contributed by atoms with Gasteiger partial charge in [0.15, 0.2) is 0 Å². The second-order valence-corrected chi connectivity index (χ2v) is 8.37. The third kappa shape index (κ3) is 3.66. The van der Waals surface area contributed by atoms with Crippen LogP contribution in [0.1, 0.15) is 24.0 Å². The highest BCUT2D eigenvalue weighted by Crippen LogP contribution is 2.43. The molecule has 1 N–H and O–H groups in total. The van der Waals surface area contributed by atoms with Crippen LogP contribution in [-0.2, 0) is 21.7 Å². The molecule has 0 radical (unpaired) electrons. The second kappa shape index (κ2) is 7.94. The largest absolute Gasteiger partial charge is 0.445 e. The second-order valence-electron chi connectivity index (χ2n) is 8.37. The monoisotopic (exact) mass is 421 g/mol. The maximum atomic E-state index is 14.3. The van der Waals surface area contributed by atoms with Crippen molar-refractivity contribution in [1.29, 1.82) is 0 Å². The van der Waals surface area contributed by atoms with Crippen LogP contribution in [0, 0.1) is 5.82 Å². The molecule has 2 fully saturated rings. The number of hydrogen-bond donors (Lipinski definition) is 1. The third-order valence-electron chi connectivity index (χ3n) is 6.34. The smallest absolute Gasteiger partial charge is 0.410 e. The van der Waals surface area contributed by atoms with Crippen LogP contribution < -0.4 is 0 Å². The number of halogens is 1. The van der Waals surface area contributed by atoms with E-state index in [1.165, 1.54) is 6.07 Å². The van der Waals surface area contributed by atoms with Gasteiger partial charge in [-0.05, 0) is 22.6 Å². The average molecular weight is 421 g/mol. The average Bonchev–Trinajstić information content (AvgIpc) is 2.78. The van der Waals surface area contributed by atoms with E-state index in [4.69, 9.17) is 9.47 Å². The van der Waals surface area contributed by atoms with Crippen molar-refractivity contribution in [2.24, 2.45) is 0 Å². The molecule has 2 atom stereocenters. The van der Waals surface area contributed by atoms with Gasteiger partial charge in [0, 0.05) is 18.2 Å². The zero-order valence-corrected chi connectivity index (χ0v) is 17.0. The lowest BCUT2D eigenvalue weighted by atomic mass is 9.75. The summed E-state index contributed by atoms with van der Waals surface area (Å²) in [6.07, 6.45) is 0.215. The van der Waals surface area contributed by atoms with E-state index in [0.717, 1.165) is 5.56 Å². The Kier molecular flexibility index (Phi) is 5.12. The molecular weight excluding hydrogens is 397 g/mol. The molecule has 3 aromatic rings. The number of aliphatic hydroxyl groups is 1. The number of carbonyl (C=O) groups excluding carboxylic acids is 1. The SMILES string of the molecule is O=C(OCc1ccccc1)N1C2COCC1CC(O)(c1ccc(F)c3ccccc13)C2. The number of rotatable bonds is 3. The first-order valence-electron chi connectivity index (χ1n) is 10.5. The molecular formula is C25H24FNO4. The van der Waals surface area contributed by atoms with Gasteiger partial charge in [0.25, 0.3) is 0 Å². The van der Waals surface area contributed by atoms with E-state index in [1.807, 2.05) is 42.5 Å². The topological polar surface area (TPSA) is 59.0 Å². The molecule has 0 saturated carbocycles. The summed E-state index contributed by atoms with van der Waals surface area (Å²) in [4.78, 5) is 14.6. The Balaban J connectivity index is 1.40. The fourth-order valence-electron chi connectivity index (χ4n) is 4.96. The Morgan fingerprint density at radius 3 is 2.35 bits per heavy atom. The van der Waals surface area contributed by atoms with E-state index < -0.39 is 11.7 Å². The van der Waals surface area contributed by atoms with Crippen LogP contribution >= 0.6 is 0 Å². The summed E-state index contributed by atoms with van der Waals surface area (Å²) < 4.78 is 25.6. The zero-order chi connectivity index (χ0) is 21.4. The first-order chi connectivity index (χ1) is 15.0. The standard InChI is InChI=1S/C25H24FNO4/c26-23-11-10-22(20-8-4-5-9-21(20)23)25(29)12-18-15-30-16-19(13-25)27(18)24(28)31-14-17-6-2-1-3-7-17/h1-11,18-19,29H,12-16H2. The summed E-state index contributed by atoms with van der Waals surface area (Å²) in [5, 5.41) is 12.9. The Morgan fingerprint density at radius 2 is 1.65 bits per heavy atom. The van der Waals surface area contributed by atoms with Gasteiger partial charge >= 0.3 is 6.09 Å². The summed E-state index contributed by atoms with van der Waals surface area (Å²) in [7, 11) is 0. The molecule has 2 saturated heterocycles. The number of fused-ring (bicyclic) bond motifs is 3. The molecule has 2 aliphatic rings. The van der Waals surface area contributed by atoms with Gasteiger partial charge in [0.05, 0.1) is 30.9 Å². The number of hydrogen-bond acceptors (Lipinski definition) is 4. The number of benzene rings is 3. The van der Waals surface area contributed by atoms with E-state index in [2.05, 4.69) is 0 Å². The predicted molar refractivity (Wildman–Crippen MR) is 114 cm³/mol. The normalized spacial score (nSPS) is 25.4. The molecule has 1 amide bonds. The molecule has 2 heterocycles. The molecule has 5 rings (SSSR count). The van der Waals surface area contributed by atoms with Crippen LogP contribution in [0.15, 0.2) is 66.7 Å². The molecule has 3 aromatic carbocycles. The molecule has 2 unspecified atom stereocenters. The highest BCUT2D eigenvalue weighted by molar-refractivity contribution is 5.87. The van der Waals surface area contributed by atoms with Crippen LogP contribution in [-0.4, -0.2) is 41.4 Å². The Hall–Kier alpha value is -2.96. The summed E-state index contributed by atoms with van der Waals surface area (Å²) in [5.74, 6) is -0.312. The summed E-state index contributed by atoms with van der Waals surface area (Å²) in [6, 6.07) is 19.2. The van der Waals surface area contributed by atoms with E-state index >= 15 is 0 Å². The molecule has 0 spiro atoms. The predicted octanol–water partition coefficient (Wildman–Crippen LogP) is 4.37. The fourth-order valence-corrected chi connectivity index (χ4v) is 4.96. The van der Waals surface area contributed by atoms with Crippen molar-refractivity contribution in [2.45, 2.75) is 37.1 Å². The van der Waals surface area contributed by atoms with Gasteiger partial charge in [-0.15, -0.1) is 0 Å². The maximum absolute atomic E-state index is 14.3. The molecule has 6 heteroatoms. The van der Waals surface area contributed by atoms with Crippen LogP contribution in [0.5, 0.6) is 0 Å². The van der Waals surface area contributed by atoms with Crippen LogP contribution in [0.4, 0.5) is 9.18 Å². The minimum atomic E-state index is -1.18. The highest BCUT2D eigenvalue weighted by Gasteiger charge is 2.49. The lowest BCUT2D eigenvalue weighted by Crippen LogP contribution is -2.62. The quantitative estimate of drug-likeness (QED) is 0.683. The van der Waals surface area contributed by atoms with Crippen LogP contribution in [0.3, 0.4) is 0 Å². The van der Waals surface area contributed by atoms with E-state index in [-0.39, 0.29) is 24.5 Å². The van der Waals surface area contributed by atoms with Gasteiger partial charge in [-0.2, -0.15) is 0 Å². The number of morpholine rings is 1. The van der Waals surface area contributed by atoms with Crippen LogP contribution in [0.25, 0.3) is 10.8 Å². The van der Waals surface area contributed by atoms with Crippen molar-refractivity contribution >= 4 is 16.9 Å². The van der Waals surface area contributed by atoms with E-state index in [9.17, 15) is 14.3 Å². The molecule has 0 aromatic heterocycles. The first-order valence-corrected chi connectivity index (χ1v) is 10.5. The van der Waals surface area contributed by atoms with Crippen LogP contribution in [0.2, 0.25) is 0 Å². The van der Waals surface area contributed by atoms with E-state index in [1.54, 1.807) is 23.1 Å². The molecule has 2 bridgehead atoms. The lowest BCUT2D eigenvalue weighted by molar-refractivity contribution is -0.136. The number of amides is 1. The summed E-state index contributed by atoms with van der Waals surface area (Å²) in [5.41, 5.74) is 0.435. The first kappa shape index (κ1) is 20.0. The van der Waals surface area contributed by atoms with Crippen molar-refractivity contribution < 1.29 is 23.8 Å². The van der Waals surface area contributed by atoms with Gasteiger partial charge in [-0.1, -0.05) is 60.7 Å². The number of piperidine rings is 1. The number of carbonyl (C=O) groups is 1. The van der Waals surface area contributed by atoms with Gasteiger partial charge in [0.2, 0.25) is 0 Å². The minimum absolute atomic E-state index is 0.198. The molecule has 31 heavy (non-hydrogen) atoms. The van der Waals surface area contributed by atoms with Crippen molar-refractivity contribution in [3.05, 3.63) is 83.7 Å². The lowest BCUT2D eigenvalue weighted by Gasteiger charge is -2.51. The van der Waals surface area contributed by atoms with Gasteiger partial charge in [-0.25, -0.2) is 9.18 Å². The van der Waals surface area contributed by atoms with Gasteiger partial charge < -0.3 is 14.6 Å². The Labute approximate surface area is 180 Å². The van der Waals surface area contributed by atoms with Gasteiger partial charge in [-0.3, -0.25) is 4.90 Å². The minimum Gasteiger partial charge on any atom is -0.445 e. The zero-order valence-electron chi connectivity index (χ0n) is 17.0. The van der Waals surface area contributed by atoms with Gasteiger partial charge in [0.1, 0.15) is 12.4 Å². The summed E-state index contributed by atoms with van der Waals surface area (Å²) >= 11 is 0. The number of ether oxygens (including phenoxy) is 2.